The lowest BCUT2D eigenvalue weighted by atomic mass is 9.88. The number of halogens is 3. The highest BCUT2D eigenvalue weighted by Gasteiger charge is 2.43. The summed E-state index contributed by atoms with van der Waals surface area (Å²) in [4.78, 5) is 13.1. The largest absolute Gasteiger partial charge is 0.586 e. The summed E-state index contributed by atoms with van der Waals surface area (Å²) in [6.07, 6.45) is -3.00. The van der Waals surface area contributed by atoms with Crippen LogP contribution in [0.5, 0.6) is 17.2 Å². The first-order chi connectivity index (χ1) is 17.6. The van der Waals surface area contributed by atoms with Crippen LogP contribution >= 0.6 is 0 Å². The first-order valence-electron chi connectivity index (χ1n) is 11.7. The molecule has 2 amide bonds. The lowest BCUT2D eigenvalue weighted by molar-refractivity contribution is -0.286. The smallest absolute Gasteiger partial charge is 0.487 e. The average Bonchev–Trinajstić information content (AvgIpc) is 3.49. The molecule has 3 aliphatic rings. The van der Waals surface area contributed by atoms with Gasteiger partial charge in [0.25, 0.3) is 0 Å². The van der Waals surface area contributed by atoms with Gasteiger partial charge in [-0.3, -0.25) is 0 Å². The molecule has 0 bridgehead atoms. The third-order valence-electron chi connectivity index (χ3n) is 6.43. The molecule has 1 N–H and O–H groups in total. The second kappa shape index (κ2) is 8.16. The Morgan fingerprint density at radius 1 is 0.973 bits per heavy atom. The summed E-state index contributed by atoms with van der Waals surface area (Å²) in [5.41, 5.74) is 3.25. The zero-order chi connectivity index (χ0) is 25.9. The molecule has 7 nitrogen and oxygen atoms in total. The Balaban J connectivity index is 1.28. The summed E-state index contributed by atoms with van der Waals surface area (Å²) in [5, 5.41) is 8.51. The van der Waals surface area contributed by atoms with E-state index in [1.54, 1.807) is 12.1 Å². The van der Waals surface area contributed by atoms with E-state index in [1.165, 1.54) is 35.3 Å². The summed E-state index contributed by atoms with van der Waals surface area (Å²) in [6, 6.07) is 15.3. The third-order valence-corrected chi connectivity index (χ3v) is 6.43. The van der Waals surface area contributed by atoms with Gasteiger partial charge < -0.3 is 19.5 Å². The number of nitrogens with one attached hydrogen (secondary N) is 1. The SMILES string of the molecule is CC1(C)Cc2cc(C3CN(C(=O)Nc4ccc5c(c4)OC(F)(F)O5)N=C3c3ccc(F)cc3)ccc2O1. The number of alkyl halides is 2. The van der Waals surface area contributed by atoms with Crippen LogP contribution in [0.15, 0.2) is 65.8 Å². The molecule has 190 valence electrons. The number of urea groups is 1. The summed E-state index contributed by atoms with van der Waals surface area (Å²) in [6.45, 7) is 4.28. The normalized spacial score (nSPS) is 20.3. The van der Waals surface area contributed by atoms with E-state index in [0.717, 1.165) is 23.3 Å². The first kappa shape index (κ1) is 23.2. The second-order valence-corrected chi connectivity index (χ2v) is 9.79. The van der Waals surface area contributed by atoms with Crippen LogP contribution in [0.4, 0.5) is 23.7 Å². The third kappa shape index (κ3) is 4.43. The number of rotatable bonds is 3. The summed E-state index contributed by atoms with van der Waals surface area (Å²) < 4.78 is 55.2. The predicted molar refractivity (Wildman–Crippen MR) is 129 cm³/mol. The lowest BCUT2D eigenvalue weighted by Crippen LogP contribution is -2.30. The van der Waals surface area contributed by atoms with E-state index in [-0.39, 0.29) is 41.1 Å². The number of nitrogens with zero attached hydrogens (tertiary/aromatic N) is 2. The van der Waals surface area contributed by atoms with E-state index in [0.29, 0.717) is 11.3 Å². The molecule has 0 aromatic heterocycles. The van der Waals surface area contributed by atoms with E-state index in [1.807, 2.05) is 26.0 Å². The molecular weight excluding hydrogens is 487 g/mol. The molecule has 0 radical (unpaired) electrons. The number of carbonyl (C=O) groups excluding carboxylic acids is 1. The Labute approximate surface area is 210 Å². The molecule has 0 aliphatic carbocycles. The van der Waals surface area contributed by atoms with Crippen LogP contribution in [0.1, 0.15) is 36.5 Å². The van der Waals surface area contributed by atoms with Gasteiger partial charge in [0.15, 0.2) is 11.5 Å². The van der Waals surface area contributed by atoms with Crippen molar-refractivity contribution in [1.29, 1.82) is 0 Å². The zero-order valence-electron chi connectivity index (χ0n) is 19.9. The van der Waals surface area contributed by atoms with Gasteiger partial charge in [-0.2, -0.15) is 5.10 Å². The maximum Gasteiger partial charge on any atom is 0.586 e. The Kier molecular flexibility index (Phi) is 5.11. The van der Waals surface area contributed by atoms with Crippen molar-refractivity contribution in [2.45, 2.75) is 38.1 Å². The molecule has 37 heavy (non-hydrogen) atoms. The van der Waals surface area contributed by atoms with Crippen LogP contribution in [0.25, 0.3) is 0 Å². The van der Waals surface area contributed by atoms with Gasteiger partial charge in [-0.05, 0) is 60.9 Å². The van der Waals surface area contributed by atoms with Crippen LogP contribution in [0, 0.1) is 5.82 Å². The number of hydrogen-bond acceptors (Lipinski definition) is 5. The molecule has 0 saturated carbocycles. The molecule has 3 aromatic rings. The number of benzene rings is 3. The quantitative estimate of drug-likeness (QED) is 0.478. The molecule has 3 aromatic carbocycles. The molecule has 0 spiro atoms. The predicted octanol–water partition coefficient (Wildman–Crippen LogP) is 5.90. The van der Waals surface area contributed by atoms with Crippen molar-refractivity contribution in [3.8, 4) is 17.2 Å². The average molecular weight is 509 g/mol. The molecule has 1 atom stereocenters. The Bertz CT molecular complexity index is 1440. The highest BCUT2D eigenvalue weighted by Crippen LogP contribution is 2.42. The number of hydrazone groups is 1. The maximum absolute atomic E-state index is 13.6. The second-order valence-electron chi connectivity index (χ2n) is 9.79. The van der Waals surface area contributed by atoms with Crippen LogP contribution in [-0.4, -0.2) is 35.2 Å². The monoisotopic (exact) mass is 509 g/mol. The van der Waals surface area contributed by atoms with Gasteiger partial charge >= 0.3 is 12.3 Å². The van der Waals surface area contributed by atoms with Crippen molar-refractivity contribution in [2.75, 3.05) is 11.9 Å². The molecule has 6 rings (SSSR count). The fraction of sp³-hybridized carbons (Fsp3) is 0.259. The van der Waals surface area contributed by atoms with Crippen LogP contribution in [-0.2, 0) is 6.42 Å². The van der Waals surface area contributed by atoms with Gasteiger partial charge in [-0.25, -0.2) is 14.2 Å². The number of amides is 2. The first-order valence-corrected chi connectivity index (χ1v) is 11.7. The summed E-state index contributed by atoms with van der Waals surface area (Å²) in [5.74, 6) is -0.125. The van der Waals surface area contributed by atoms with Crippen molar-refractivity contribution >= 4 is 17.4 Å². The minimum absolute atomic E-state index is 0.121. The van der Waals surface area contributed by atoms with Crippen molar-refractivity contribution < 1.29 is 32.2 Å². The molecule has 0 saturated heterocycles. The van der Waals surface area contributed by atoms with E-state index >= 15 is 0 Å². The van der Waals surface area contributed by atoms with Crippen LogP contribution < -0.4 is 19.5 Å². The van der Waals surface area contributed by atoms with Crippen LogP contribution in [0.2, 0.25) is 0 Å². The van der Waals surface area contributed by atoms with Crippen LogP contribution in [0.3, 0.4) is 0 Å². The van der Waals surface area contributed by atoms with Crippen molar-refractivity contribution in [3.63, 3.8) is 0 Å². The van der Waals surface area contributed by atoms with Gasteiger partial charge in [0, 0.05) is 24.1 Å². The molecule has 10 heteroatoms. The Morgan fingerprint density at radius 3 is 2.49 bits per heavy atom. The van der Waals surface area contributed by atoms with E-state index < -0.39 is 12.3 Å². The molecular formula is C27H22F3N3O4. The number of anilines is 1. The zero-order valence-corrected chi connectivity index (χ0v) is 19.9. The number of ether oxygens (including phenoxy) is 3. The van der Waals surface area contributed by atoms with Gasteiger partial charge in [-0.15, -0.1) is 8.78 Å². The van der Waals surface area contributed by atoms with Gasteiger partial charge in [0.1, 0.15) is 17.2 Å². The Hall–Kier alpha value is -4.21. The maximum atomic E-state index is 13.6. The molecule has 0 fully saturated rings. The van der Waals surface area contributed by atoms with Gasteiger partial charge in [-0.1, -0.05) is 24.3 Å². The van der Waals surface area contributed by atoms with E-state index in [2.05, 4.69) is 26.0 Å². The summed E-state index contributed by atoms with van der Waals surface area (Å²) in [7, 11) is 0. The van der Waals surface area contributed by atoms with E-state index in [4.69, 9.17) is 4.74 Å². The van der Waals surface area contributed by atoms with Crippen molar-refractivity contribution in [1.82, 2.24) is 5.01 Å². The molecule has 3 heterocycles. The highest BCUT2D eigenvalue weighted by atomic mass is 19.3. The number of fused-ring (bicyclic) bond motifs is 2. The van der Waals surface area contributed by atoms with Crippen molar-refractivity contribution in [3.05, 3.63) is 83.2 Å². The minimum atomic E-state index is -3.75. The topological polar surface area (TPSA) is 72.4 Å². The summed E-state index contributed by atoms with van der Waals surface area (Å²) >= 11 is 0. The fourth-order valence-electron chi connectivity index (χ4n) is 4.83. The highest BCUT2D eigenvalue weighted by molar-refractivity contribution is 6.07. The fourth-order valence-corrected chi connectivity index (χ4v) is 4.83. The molecule has 1 unspecified atom stereocenters. The minimum Gasteiger partial charge on any atom is -0.487 e. The lowest BCUT2D eigenvalue weighted by Gasteiger charge is -2.17. The standard InChI is InChI=1S/C27H22F3N3O4/c1-26(2)13-17-11-16(5-9-21(17)35-26)20-14-33(32-24(20)15-3-6-18(28)7-4-15)25(34)31-19-8-10-22-23(12-19)37-27(29,30)36-22/h3-12,20H,13-14H2,1-2H3,(H,31,34). The van der Waals surface area contributed by atoms with Gasteiger partial charge in [0.2, 0.25) is 0 Å². The van der Waals surface area contributed by atoms with E-state index in [9.17, 15) is 18.0 Å². The number of carbonyl (C=O) groups is 1. The number of hydrogen-bond donors (Lipinski definition) is 1. The Morgan fingerprint density at radius 2 is 1.70 bits per heavy atom. The van der Waals surface area contributed by atoms with Gasteiger partial charge in [0.05, 0.1) is 12.3 Å². The molecule has 3 aliphatic heterocycles. The van der Waals surface area contributed by atoms with Crippen molar-refractivity contribution in [2.24, 2.45) is 5.10 Å².